The third kappa shape index (κ3) is 3.50. The fourth-order valence-electron chi connectivity index (χ4n) is 1.55. The molecule has 0 spiro atoms. The normalized spacial score (nSPS) is 10.7. The molecule has 0 amide bonds. The van der Waals surface area contributed by atoms with Gasteiger partial charge in [-0.05, 0) is 19.8 Å². The summed E-state index contributed by atoms with van der Waals surface area (Å²) in [4.78, 5) is 3.27. The minimum Gasteiger partial charge on any atom is -0.382 e. The molecular formula is C11H21N2O+. The summed E-state index contributed by atoms with van der Waals surface area (Å²) in [5.41, 5.74) is 0. The van der Waals surface area contributed by atoms with E-state index >= 15 is 0 Å². The van der Waals surface area contributed by atoms with E-state index in [1.807, 2.05) is 13.1 Å². The summed E-state index contributed by atoms with van der Waals surface area (Å²) in [5.74, 6) is 1.31. The van der Waals surface area contributed by atoms with E-state index in [1.54, 1.807) is 0 Å². The van der Waals surface area contributed by atoms with Crippen molar-refractivity contribution < 1.29 is 9.30 Å². The van der Waals surface area contributed by atoms with Crippen LogP contribution in [0, 0.1) is 0 Å². The molecule has 0 aliphatic carbocycles. The number of hydrogen-bond acceptors (Lipinski definition) is 1. The van der Waals surface area contributed by atoms with Crippen molar-refractivity contribution in [3.8, 4) is 0 Å². The molecule has 0 radical (unpaired) electrons. The zero-order valence-corrected chi connectivity index (χ0v) is 9.25. The largest absolute Gasteiger partial charge is 0.382 e. The lowest BCUT2D eigenvalue weighted by Crippen LogP contribution is -2.35. The topological polar surface area (TPSA) is 28.9 Å². The van der Waals surface area contributed by atoms with Crippen LogP contribution in [0.5, 0.6) is 0 Å². The SMILES string of the molecule is CCC[n+]1cc[nH]c1CCCOCC. The minimum absolute atomic E-state index is 0.819. The smallest absolute Gasteiger partial charge is 0.254 e. The van der Waals surface area contributed by atoms with Gasteiger partial charge in [0.2, 0.25) is 0 Å². The number of rotatable bonds is 7. The van der Waals surface area contributed by atoms with Gasteiger partial charge in [0.05, 0.1) is 13.0 Å². The maximum Gasteiger partial charge on any atom is 0.254 e. The number of H-pyrrole nitrogens is 1. The molecule has 0 unspecified atom stereocenters. The first-order valence-corrected chi connectivity index (χ1v) is 5.52. The number of imidazole rings is 1. The Kier molecular flexibility index (Phi) is 5.30. The average Bonchev–Trinajstić information content (AvgIpc) is 2.61. The highest BCUT2D eigenvalue weighted by molar-refractivity contribution is 4.77. The van der Waals surface area contributed by atoms with Crippen molar-refractivity contribution >= 4 is 0 Å². The second kappa shape index (κ2) is 6.60. The van der Waals surface area contributed by atoms with E-state index in [-0.39, 0.29) is 0 Å². The van der Waals surface area contributed by atoms with E-state index in [1.165, 1.54) is 12.2 Å². The van der Waals surface area contributed by atoms with Crippen molar-refractivity contribution in [3.63, 3.8) is 0 Å². The lowest BCUT2D eigenvalue weighted by Gasteiger charge is -2.00. The van der Waals surface area contributed by atoms with Gasteiger partial charge in [0.1, 0.15) is 12.4 Å². The van der Waals surface area contributed by atoms with Crippen LogP contribution >= 0.6 is 0 Å². The molecule has 0 fully saturated rings. The van der Waals surface area contributed by atoms with Crippen LogP contribution in [0.25, 0.3) is 0 Å². The molecule has 14 heavy (non-hydrogen) atoms. The molecule has 0 aliphatic rings. The molecule has 1 aromatic rings. The Balaban J connectivity index is 2.30. The first-order valence-electron chi connectivity index (χ1n) is 5.52. The van der Waals surface area contributed by atoms with E-state index in [0.29, 0.717) is 0 Å². The molecule has 3 heteroatoms. The fraction of sp³-hybridized carbons (Fsp3) is 0.727. The summed E-state index contributed by atoms with van der Waals surface area (Å²) in [6.07, 6.45) is 7.47. The van der Waals surface area contributed by atoms with Crippen molar-refractivity contribution in [2.75, 3.05) is 13.2 Å². The van der Waals surface area contributed by atoms with Crippen molar-refractivity contribution in [3.05, 3.63) is 18.2 Å². The standard InChI is InChI=1S/C11H20N2O/c1-3-8-13-9-7-12-11(13)6-5-10-14-4-2/h7,9H,3-6,8,10H2,1-2H3/p+1. The van der Waals surface area contributed by atoms with Crippen LogP contribution in [0.1, 0.15) is 32.5 Å². The summed E-state index contributed by atoms with van der Waals surface area (Å²) in [5, 5.41) is 0. The Morgan fingerprint density at radius 2 is 2.29 bits per heavy atom. The Hall–Kier alpha value is -0.830. The number of hydrogen-bond donors (Lipinski definition) is 1. The van der Waals surface area contributed by atoms with Crippen LogP contribution in [0.4, 0.5) is 0 Å². The number of aromatic amines is 1. The third-order valence-electron chi connectivity index (χ3n) is 2.22. The maximum absolute atomic E-state index is 5.31. The summed E-state index contributed by atoms with van der Waals surface area (Å²) in [6, 6.07) is 0. The minimum atomic E-state index is 0.819. The van der Waals surface area contributed by atoms with Crippen molar-refractivity contribution in [1.82, 2.24) is 4.98 Å². The summed E-state index contributed by atoms with van der Waals surface area (Å²) in [7, 11) is 0. The molecular weight excluding hydrogens is 176 g/mol. The molecule has 3 nitrogen and oxygen atoms in total. The van der Waals surface area contributed by atoms with Gasteiger partial charge in [-0.25, -0.2) is 9.55 Å². The van der Waals surface area contributed by atoms with E-state index in [0.717, 1.165) is 32.6 Å². The third-order valence-corrected chi connectivity index (χ3v) is 2.22. The zero-order chi connectivity index (χ0) is 10.2. The van der Waals surface area contributed by atoms with Gasteiger partial charge < -0.3 is 4.74 Å². The van der Waals surface area contributed by atoms with Crippen LogP contribution in [0.15, 0.2) is 12.4 Å². The van der Waals surface area contributed by atoms with Crippen molar-refractivity contribution in [2.45, 2.75) is 39.7 Å². The highest BCUT2D eigenvalue weighted by Crippen LogP contribution is 1.95. The zero-order valence-electron chi connectivity index (χ0n) is 9.25. The van der Waals surface area contributed by atoms with E-state index in [9.17, 15) is 0 Å². The van der Waals surface area contributed by atoms with Gasteiger partial charge in [-0.3, -0.25) is 0 Å². The van der Waals surface area contributed by atoms with Crippen LogP contribution < -0.4 is 4.57 Å². The second-order valence-corrected chi connectivity index (χ2v) is 3.40. The second-order valence-electron chi connectivity index (χ2n) is 3.40. The van der Waals surface area contributed by atoms with Gasteiger partial charge in [0, 0.05) is 13.2 Å². The molecule has 1 heterocycles. The summed E-state index contributed by atoms with van der Waals surface area (Å²) < 4.78 is 7.59. The quantitative estimate of drug-likeness (QED) is 0.523. The van der Waals surface area contributed by atoms with Crippen LogP contribution in [0.3, 0.4) is 0 Å². The number of nitrogens with zero attached hydrogens (tertiary/aromatic N) is 1. The molecule has 1 aromatic heterocycles. The van der Waals surface area contributed by atoms with Crippen molar-refractivity contribution in [1.29, 1.82) is 0 Å². The molecule has 1 N–H and O–H groups in total. The first-order chi connectivity index (χ1) is 6.88. The van der Waals surface area contributed by atoms with Gasteiger partial charge in [0.15, 0.2) is 0 Å². The predicted octanol–water partition coefficient (Wildman–Crippen LogP) is 1.68. The first kappa shape index (κ1) is 11.2. The number of nitrogens with one attached hydrogen (secondary N) is 1. The van der Waals surface area contributed by atoms with Crippen LogP contribution in [0.2, 0.25) is 0 Å². The fourth-order valence-corrected chi connectivity index (χ4v) is 1.55. The average molecular weight is 197 g/mol. The number of aromatic nitrogens is 2. The van der Waals surface area contributed by atoms with Gasteiger partial charge in [-0.2, -0.15) is 0 Å². The Morgan fingerprint density at radius 1 is 1.43 bits per heavy atom. The molecule has 0 aliphatic heterocycles. The van der Waals surface area contributed by atoms with Gasteiger partial charge >= 0.3 is 0 Å². The predicted molar refractivity (Wildman–Crippen MR) is 56.1 cm³/mol. The van der Waals surface area contributed by atoms with E-state index in [4.69, 9.17) is 4.74 Å². The Bertz CT molecular complexity index is 245. The lowest BCUT2D eigenvalue weighted by molar-refractivity contribution is -0.702. The molecule has 0 atom stereocenters. The number of aryl methyl sites for hydroxylation is 2. The van der Waals surface area contributed by atoms with E-state index < -0.39 is 0 Å². The molecule has 80 valence electrons. The van der Waals surface area contributed by atoms with Gasteiger partial charge in [-0.15, -0.1) is 0 Å². The number of ether oxygens (including phenoxy) is 1. The monoisotopic (exact) mass is 197 g/mol. The Labute approximate surface area is 86.1 Å². The van der Waals surface area contributed by atoms with Crippen LogP contribution in [-0.2, 0) is 17.7 Å². The molecule has 0 aromatic carbocycles. The molecule has 0 bridgehead atoms. The van der Waals surface area contributed by atoms with Crippen molar-refractivity contribution in [2.24, 2.45) is 0 Å². The highest BCUT2D eigenvalue weighted by Gasteiger charge is 2.08. The molecule has 1 rings (SSSR count). The molecule has 0 saturated heterocycles. The van der Waals surface area contributed by atoms with Gasteiger partial charge in [-0.1, -0.05) is 6.92 Å². The lowest BCUT2D eigenvalue weighted by atomic mass is 10.3. The van der Waals surface area contributed by atoms with Crippen LogP contribution in [-0.4, -0.2) is 18.2 Å². The summed E-state index contributed by atoms with van der Waals surface area (Å²) >= 11 is 0. The Morgan fingerprint density at radius 3 is 3.00 bits per heavy atom. The maximum atomic E-state index is 5.31. The van der Waals surface area contributed by atoms with Gasteiger partial charge in [0.25, 0.3) is 5.82 Å². The molecule has 0 saturated carbocycles. The highest BCUT2D eigenvalue weighted by atomic mass is 16.5. The van der Waals surface area contributed by atoms with E-state index in [2.05, 4.69) is 22.7 Å². The summed E-state index contributed by atoms with van der Waals surface area (Å²) in [6.45, 7) is 7.02.